The van der Waals surface area contributed by atoms with Crippen LogP contribution in [-0.4, -0.2) is 43.0 Å². The molecule has 0 unspecified atom stereocenters. The standard InChI is InChI=1S/C26H28N6O4S/c1-5-36-20-8-6-19(7-9-20)32-21(12-18-13-22(33)29-25(35)27-18)30-31-26(32)37-14-23(34)28-24-16(3)10-15(2)11-17(24)4/h6-11,13H,5,12,14H2,1-4H3,(H,28,34)(H2,27,29,33,35). The number of aromatic amines is 2. The van der Waals surface area contributed by atoms with Crippen molar-refractivity contribution in [3.63, 3.8) is 0 Å². The molecule has 0 saturated carbocycles. The molecule has 37 heavy (non-hydrogen) atoms. The van der Waals surface area contributed by atoms with E-state index in [9.17, 15) is 14.4 Å². The first-order valence-electron chi connectivity index (χ1n) is 11.7. The van der Waals surface area contributed by atoms with Crippen molar-refractivity contribution in [2.45, 2.75) is 39.3 Å². The SMILES string of the molecule is CCOc1ccc(-n2c(Cc3cc(=O)[nH]c(=O)[nH]3)nnc2SCC(=O)Nc2c(C)cc(C)cc2C)cc1. The first-order chi connectivity index (χ1) is 17.7. The van der Waals surface area contributed by atoms with E-state index in [4.69, 9.17) is 4.74 Å². The maximum absolute atomic E-state index is 12.8. The summed E-state index contributed by atoms with van der Waals surface area (Å²) in [4.78, 5) is 41.1. The summed E-state index contributed by atoms with van der Waals surface area (Å²) >= 11 is 1.24. The van der Waals surface area contributed by atoms with Crippen molar-refractivity contribution in [2.75, 3.05) is 17.7 Å². The first-order valence-corrected chi connectivity index (χ1v) is 12.7. The molecule has 11 heteroatoms. The number of H-pyrrole nitrogens is 2. The molecule has 0 spiro atoms. The van der Waals surface area contributed by atoms with Crippen molar-refractivity contribution in [3.8, 4) is 11.4 Å². The number of rotatable bonds is 9. The number of amides is 1. The average molecular weight is 521 g/mol. The van der Waals surface area contributed by atoms with E-state index in [1.807, 2.05) is 64.1 Å². The number of nitrogens with zero attached hydrogens (tertiary/aromatic N) is 3. The van der Waals surface area contributed by atoms with Crippen LogP contribution < -0.4 is 21.3 Å². The molecule has 0 fully saturated rings. The minimum atomic E-state index is -0.595. The number of hydrogen-bond acceptors (Lipinski definition) is 7. The number of hydrogen-bond donors (Lipinski definition) is 3. The second-order valence-electron chi connectivity index (χ2n) is 8.56. The molecule has 0 radical (unpaired) electrons. The number of carbonyl (C=O) groups is 1. The van der Waals surface area contributed by atoms with Crippen molar-refractivity contribution in [2.24, 2.45) is 0 Å². The van der Waals surface area contributed by atoms with E-state index >= 15 is 0 Å². The van der Waals surface area contributed by atoms with Gasteiger partial charge in [-0.05, 0) is 63.1 Å². The molecule has 0 aliphatic heterocycles. The predicted molar refractivity (Wildman–Crippen MR) is 143 cm³/mol. The summed E-state index contributed by atoms with van der Waals surface area (Å²) in [6.07, 6.45) is 0.161. The highest BCUT2D eigenvalue weighted by Gasteiger charge is 2.18. The number of carbonyl (C=O) groups excluding carboxylic acids is 1. The van der Waals surface area contributed by atoms with Gasteiger partial charge < -0.3 is 15.0 Å². The lowest BCUT2D eigenvalue weighted by atomic mass is 10.1. The highest BCUT2D eigenvalue weighted by molar-refractivity contribution is 7.99. The number of ether oxygens (including phenoxy) is 1. The smallest absolute Gasteiger partial charge is 0.325 e. The van der Waals surface area contributed by atoms with Crippen LogP contribution in [0.1, 0.15) is 35.1 Å². The molecule has 2 aromatic heterocycles. The molecule has 0 aliphatic rings. The Labute approximate surface area is 217 Å². The van der Waals surface area contributed by atoms with Crippen LogP contribution >= 0.6 is 11.8 Å². The van der Waals surface area contributed by atoms with Crippen LogP contribution in [0.2, 0.25) is 0 Å². The summed E-state index contributed by atoms with van der Waals surface area (Å²) in [5, 5.41) is 12.1. The van der Waals surface area contributed by atoms with Gasteiger partial charge in [0.2, 0.25) is 5.91 Å². The number of aromatic nitrogens is 5. The average Bonchev–Trinajstić information content (AvgIpc) is 3.22. The monoisotopic (exact) mass is 520 g/mol. The largest absolute Gasteiger partial charge is 0.494 e. The highest BCUT2D eigenvalue weighted by atomic mass is 32.2. The lowest BCUT2D eigenvalue weighted by molar-refractivity contribution is -0.113. The minimum Gasteiger partial charge on any atom is -0.494 e. The molecule has 2 aromatic carbocycles. The van der Waals surface area contributed by atoms with Gasteiger partial charge in [0.1, 0.15) is 11.6 Å². The molecule has 0 bridgehead atoms. The van der Waals surface area contributed by atoms with Crippen molar-refractivity contribution in [3.05, 3.63) is 91.5 Å². The van der Waals surface area contributed by atoms with Crippen LogP contribution in [0.15, 0.2) is 57.2 Å². The van der Waals surface area contributed by atoms with Gasteiger partial charge in [-0.25, -0.2) is 4.79 Å². The maximum Gasteiger partial charge on any atom is 0.325 e. The number of thioether (sulfide) groups is 1. The molecule has 3 N–H and O–H groups in total. The third kappa shape index (κ3) is 6.36. The molecule has 0 atom stereocenters. The molecular weight excluding hydrogens is 492 g/mol. The Bertz CT molecular complexity index is 1490. The van der Waals surface area contributed by atoms with Crippen molar-refractivity contribution in [1.82, 2.24) is 24.7 Å². The molecule has 4 aromatic rings. The second kappa shape index (κ2) is 11.3. The fraction of sp³-hybridized carbons (Fsp3) is 0.269. The lowest BCUT2D eigenvalue weighted by Gasteiger charge is -2.13. The molecule has 4 rings (SSSR count). The predicted octanol–water partition coefficient (Wildman–Crippen LogP) is 3.29. The number of benzene rings is 2. The quantitative estimate of drug-likeness (QED) is 0.288. The van der Waals surface area contributed by atoms with Crippen LogP contribution in [0.3, 0.4) is 0 Å². The third-order valence-electron chi connectivity index (χ3n) is 5.54. The number of anilines is 1. The molecular formula is C26H28N6O4S. The van der Waals surface area contributed by atoms with E-state index in [2.05, 4.69) is 25.5 Å². The molecule has 1 amide bonds. The van der Waals surface area contributed by atoms with Gasteiger partial charge in [-0.15, -0.1) is 10.2 Å². The topological polar surface area (TPSA) is 135 Å². The minimum absolute atomic E-state index is 0.115. The molecule has 10 nitrogen and oxygen atoms in total. The van der Waals surface area contributed by atoms with Gasteiger partial charge in [0.15, 0.2) is 5.16 Å². The Morgan fingerprint density at radius 1 is 1.03 bits per heavy atom. The van der Waals surface area contributed by atoms with Crippen molar-refractivity contribution in [1.29, 1.82) is 0 Å². The summed E-state index contributed by atoms with van der Waals surface area (Å²) in [6, 6.07) is 12.8. The van der Waals surface area contributed by atoms with Gasteiger partial charge in [0.25, 0.3) is 5.56 Å². The van der Waals surface area contributed by atoms with Gasteiger partial charge >= 0.3 is 5.69 Å². The Balaban J connectivity index is 1.60. The van der Waals surface area contributed by atoms with E-state index in [-0.39, 0.29) is 18.1 Å². The lowest BCUT2D eigenvalue weighted by Crippen LogP contribution is -2.23. The van der Waals surface area contributed by atoms with Crippen LogP contribution in [0.5, 0.6) is 5.75 Å². The molecule has 2 heterocycles. The fourth-order valence-electron chi connectivity index (χ4n) is 4.09. The van der Waals surface area contributed by atoms with Gasteiger partial charge in [-0.3, -0.25) is 19.1 Å². The molecule has 192 valence electrons. The normalized spacial score (nSPS) is 10.9. The molecule has 0 saturated heterocycles. The highest BCUT2D eigenvalue weighted by Crippen LogP contribution is 2.26. The summed E-state index contributed by atoms with van der Waals surface area (Å²) in [6.45, 7) is 8.41. The Kier molecular flexibility index (Phi) is 7.92. The van der Waals surface area contributed by atoms with Gasteiger partial charge in [0, 0.05) is 29.6 Å². The van der Waals surface area contributed by atoms with Crippen LogP contribution in [0.4, 0.5) is 5.69 Å². The zero-order valence-electron chi connectivity index (χ0n) is 21.0. The van der Waals surface area contributed by atoms with Crippen LogP contribution in [0.25, 0.3) is 5.69 Å². The second-order valence-corrected chi connectivity index (χ2v) is 9.50. The van der Waals surface area contributed by atoms with Crippen molar-refractivity contribution >= 4 is 23.4 Å². The summed E-state index contributed by atoms with van der Waals surface area (Å²) < 4.78 is 7.35. The van der Waals surface area contributed by atoms with Gasteiger partial charge in [-0.1, -0.05) is 29.5 Å². The van der Waals surface area contributed by atoms with Crippen LogP contribution in [-0.2, 0) is 11.2 Å². The van der Waals surface area contributed by atoms with E-state index in [1.54, 1.807) is 4.57 Å². The Morgan fingerprint density at radius 3 is 2.38 bits per heavy atom. The summed E-state index contributed by atoms with van der Waals surface area (Å²) in [7, 11) is 0. The van der Waals surface area contributed by atoms with E-state index in [1.165, 1.54) is 17.8 Å². The van der Waals surface area contributed by atoms with Crippen LogP contribution in [0, 0.1) is 20.8 Å². The zero-order chi connectivity index (χ0) is 26.5. The summed E-state index contributed by atoms with van der Waals surface area (Å²) in [5.74, 6) is 1.17. The number of aryl methyl sites for hydroxylation is 3. The Hall–Kier alpha value is -4.12. The third-order valence-corrected chi connectivity index (χ3v) is 6.47. The van der Waals surface area contributed by atoms with Gasteiger partial charge in [-0.2, -0.15) is 0 Å². The maximum atomic E-state index is 12.8. The fourth-order valence-corrected chi connectivity index (χ4v) is 4.86. The van der Waals surface area contributed by atoms with E-state index in [0.29, 0.717) is 23.3 Å². The van der Waals surface area contributed by atoms with Gasteiger partial charge in [0.05, 0.1) is 12.4 Å². The first kappa shape index (κ1) is 26.0. The number of nitrogens with one attached hydrogen (secondary N) is 3. The van der Waals surface area contributed by atoms with E-state index < -0.39 is 11.2 Å². The zero-order valence-corrected chi connectivity index (χ0v) is 21.9. The Morgan fingerprint density at radius 2 is 1.73 bits per heavy atom. The van der Waals surface area contributed by atoms with Crippen molar-refractivity contribution < 1.29 is 9.53 Å². The molecule has 0 aliphatic carbocycles. The summed E-state index contributed by atoms with van der Waals surface area (Å²) in [5.41, 5.74) is 4.01. The van der Waals surface area contributed by atoms with E-state index in [0.717, 1.165) is 33.8 Å².